The van der Waals surface area contributed by atoms with E-state index in [1.807, 2.05) is 13.8 Å². The Labute approximate surface area is 126 Å². The minimum absolute atomic E-state index is 0.273. The van der Waals surface area contributed by atoms with E-state index in [-0.39, 0.29) is 5.92 Å². The molecule has 1 fully saturated rings. The summed E-state index contributed by atoms with van der Waals surface area (Å²) in [5.41, 5.74) is 0. The molecule has 120 valence electrons. The average molecular weight is 299 g/mol. The number of carbonyl (C=O) groups excluding carboxylic acids is 2. The number of rotatable bonds is 8. The first kappa shape index (κ1) is 17.7. The summed E-state index contributed by atoms with van der Waals surface area (Å²) in [4.78, 5) is 24.9. The van der Waals surface area contributed by atoms with E-state index in [2.05, 4.69) is 4.90 Å². The average Bonchev–Trinajstić information content (AvgIpc) is 2.48. The van der Waals surface area contributed by atoms with E-state index in [0.717, 1.165) is 51.4 Å². The maximum Gasteiger partial charge on any atom is 0.331 e. The second-order valence-corrected chi connectivity index (χ2v) is 5.33. The fourth-order valence-corrected chi connectivity index (χ4v) is 1.77. The molecule has 6 nitrogen and oxygen atoms in total. The van der Waals surface area contributed by atoms with Crippen LogP contribution in [-0.2, 0) is 23.8 Å². The van der Waals surface area contributed by atoms with Gasteiger partial charge in [-0.2, -0.15) is 0 Å². The fourth-order valence-electron chi connectivity index (χ4n) is 1.77. The molecule has 0 saturated carbocycles. The lowest BCUT2D eigenvalue weighted by Crippen LogP contribution is -2.37. The SMILES string of the molecule is CC(C)COC(=O)/C=C/C(=O)OCCCN1CCOCC1. The van der Waals surface area contributed by atoms with Gasteiger partial charge in [0.2, 0.25) is 0 Å². The maximum atomic E-state index is 11.4. The Morgan fingerprint density at radius 2 is 1.76 bits per heavy atom. The van der Waals surface area contributed by atoms with Crippen molar-refractivity contribution in [3.05, 3.63) is 12.2 Å². The number of nitrogens with zero attached hydrogens (tertiary/aromatic N) is 1. The number of hydrogen-bond acceptors (Lipinski definition) is 6. The highest BCUT2D eigenvalue weighted by Crippen LogP contribution is 1.98. The zero-order chi connectivity index (χ0) is 15.5. The van der Waals surface area contributed by atoms with Gasteiger partial charge in [0.25, 0.3) is 0 Å². The molecule has 0 spiro atoms. The zero-order valence-electron chi connectivity index (χ0n) is 12.9. The number of hydrogen-bond donors (Lipinski definition) is 0. The van der Waals surface area contributed by atoms with E-state index in [0.29, 0.717) is 13.2 Å². The Bertz CT molecular complexity index is 348. The molecular formula is C15H25NO5. The second kappa shape index (κ2) is 10.3. The molecule has 1 saturated heterocycles. The molecule has 0 aliphatic carbocycles. The molecule has 1 aliphatic heterocycles. The van der Waals surface area contributed by atoms with Gasteiger partial charge in [-0.3, -0.25) is 4.90 Å². The standard InChI is InChI=1S/C15H25NO5/c1-13(2)12-21-15(18)5-4-14(17)20-9-3-6-16-7-10-19-11-8-16/h4-5,13H,3,6-12H2,1-2H3/b5-4+. The van der Waals surface area contributed by atoms with Crippen LogP contribution in [0.3, 0.4) is 0 Å². The predicted molar refractivity (Wildman–Crippen MR) is 77.8 cm³/mol. The van der Waals surface area contributed by atoms with Gasteiger partial charge in [0.05, 0.1) is 26.4 Å². The van der Waals surface area contributed by atoms with Crippen molar-refractivity contribution in [2.45, 2.75) is 20.3 Å². The smallest absolute Gasteiger partial charge is 0.331 e. The first-order chi connectivity index (χ1) is 10.1. The lowest BCUT2D eigenvalue weighted by molar-refractivity contribution is -0.141. The maximum absolute atomic E-state index is 11.4. The van der Waals surface area contributed by atoms with E-state index < -0.39 is 11.9 Å². The Morgan fingerprint density at radius 1 is 1.14 bits per heavy atom. The Morgan fingerprint density at radius 3 is 2.38 bits per heavy atom. The van der Waals surface area contributed by atoms with Crippen LogP contribution in [0.5, 0.6) is 0 Å². The molecule has 0 radical (unpaired) electrons. The Hall–Kier alpha value is -1.40. The Balaban J connectivity index is 2.06. The molecule has 21 heavy (non-hydrogen) atoms. The Kier molecular flexibility index (Phi) is 8.69. The van der Waals surface area contributed by atoms with Gasteiger partial charge in [0, 0.05) is 31.8 Å². The van der Waals surface area contributed by atoms with Gasteiger partial charge >= 0.3 is 11.9 Å². The minimum Gasteiger partial charge on any atom is -0.462 e. The number of ether oxygens (including phenoxy) is 3. The number of carbonyl (C=O) groups is 2. The lowest BCUT2D eigenvalue weighted by atomic mass is 10.2. The molecule has 0 unspecified atom stereocenters. The molecule has 0 aromatic heterocycles. The first-order valence-electron chi connectivity index (χ1n) is 7.39. The summed E-state index contributed by atoms with van der Waals surface area (Å²) in [7, 11) is 0. The van der Waals surface area contributed by atoms with Crippen molar-refractivity contribution < 1.29 is 23.8 Å². The summed E-state index contributed by atoms with van der Waals surface area (Å²) in [6, 6.07) is 0. The van der Waals surface area contributed by atoms with Crippen molar-refractivity contribution in [2.24, 2.45) is 5.92 Å². The van der Waals surface area contributed by atoms with Gasteiger partial charge in [-0.1, -0.05) is 13.8 Å². The van der Waals surface area contributed by atoms with Crippen LogP contribution in [0.4, 0.5) is 0 Å². The fraction of sp³-hybridized carbons (Fsp3) is 0.733. The van der Waals surface area contributed by atoms with Crippen molar-refractivity contribution >= 4 is 11.9 Å². The molecule has 0 amide bonds. The van der Waals surface area contributed by atoms with Crippen LogP contribution in [0.1, 0.15) is 20.3 Å². The van der Waals surface area contributed by atoms with E-state index in [9.17, 15) is 9.59 Å². The molecule has 0 aromatic rings. The first-order valence-corrected chi connectivity index (χ1v) is 7.39. The zero-order valence-corrected chi connectivity index (χ0v) is 12.9. The van der Waals surface area contributed by atoms with Crippen LogP contribution in [0.2, 0.25) is 0 Å². The van der Waals surface area contributed by atoms with Crippen LogP contribution >= 0.6 is 0 Å². The van der Waals surface area contributed by atoms with E-state index in [1.54, 1.807) is 0 Å². The van der Waals surface area contributed by atoms with E-state index in [4.69, 9.17) is 14.2 Å². The monoisotopic (exact) mass is 299 g/mol. The topological polar surface area (TPSA) is 65.1 Å². The van der Waals surface area contributed by atoms with Gasteiger partial charge in [-0.05, 0) is 12.3 Å². The summed E-state index contributed by atoms with van der Waals surface area (Å²) in [5, 5.41) is 0. The number of morpholine rings is 1. The molecule has 1 aliphatic rings. The van der Waals surface area contributed by atoms with Crippen LogP contribution in [0.15, 0.2) is 12.2 Å². The molecule has 6 heteroatoms. The molecule has 0 N–H and O–H groups in total. The summed E-state index contributed by atoms with van der Waals surface area (Å²) >= 11 is 0. The van der Waals surface area contributed by atoms with E-state index in [1.165, 1.54) is 0 Å². The third-order valence-corrected chi connectivity index (χ3v) is 2.88. The third-order valence-electron chi connectivity index (χ3n) is 2.88. The summed E-state index contributed by atoms with van der Waals surface area (Å²) < 4.78 is 15.2. The molecule has 0 bridgehead atoms. The molecule has 1 heterocycles. The molecule has 0 atom stereocenters. The number of esters is 2. The third kappa shape index (κ3) is 9.20. The largest absolute Gasteiger partial charge is 0.462 e. The van der Waals surface area contributed by atoms with Gasteiger partial charge in [-0.25, -0.2) is 9.59 Å². The van der Waals surface area contributed by atoms with Crippen molar-refractivity contribution in [1.82, 2.24) is 4.90 Å². The van der Waals surface area contributed by atoms with Crippen molar-refractivity contribution in [1.29, 1.82) is 0 Å². The second-order valence-electron chi connectivity index (χ2n) is 5.33. The van der Waals surface area contributed by atoms with Crippen LogP contribution < -0.4 is 0 Å². The summed E-state index contributed by atoms with van der Waals surface area (Å²) in [6.45, 7) is 8.85. The quantitative estimate of drug-likeness (QED) is 0.378. The minimum atomic E-state index is -0.519. The van der Waals surface area contributed by atoms with Crippen LogP contribution in [0.25, 0.3) is 0 Å². The highest BCUT2D eigenvalue weighted by molar-refractivity contribution is 5.91. The van der Waals surface area contributed by atoms with Gasteiger partial charge in [0.15, 0.2) is 0 Å². The van der Waals surface area contributed by atoms with Crippen molar-refractivity contribution in [2.75, 3.05) is 46.1 Å². The lowest BCUT2D eigenvalue weighted by Gasteiger charge is -2.26. The molecule has 0 aromatic carbocycles. The van der Waals surface area contributed by atoms with Gasteiger partial charge < -0.3 is 14.2 Å². The van der Waals surface area contributed by atoms with Crippen LogP contribution in [-0.4, -0.2) is 62.9 Å². The van der Waals surface area contributed by atoms with Crippen LogP contribution in [0, 0.1) is 5.92 Å². The van der Waals surface area contributed by atoms with Crippen molar-refractivity contribution in [3.8, 4) is 0 Å². The van der Waals surface area contributed by atoms with E-state index >= 15 is 0 Å². The van der Waals surface area contributed by atoms with Crippen molar-refractivity contribution in [3.63, 3.8) is 0 Å². The van der Waals surface area contributed by atoms with Gasteiger partial charge in [0.1, 0.15) is 0 Å². The summed E-state index contributed by atoms with van der Waals surface area (Å²) in [5.74, 6) is -0.762. The highest BCUT2D eigenvalue weighted by Gasteiger charge is 2.09. The van der Waals surface area contributed by atoms with Gasteiger partial charge in [-0.15, -0.1) is 0 Å². The normalized spacial score (nSPS) is 16.3. The predicted octanol–water partition coefficient (Wildman–Crippen LogP) is 1.01. The molecule has 1 rings (SSSR count). The molecular weight excluding hydrogens is 274 g/mol. The summed E-state index contributed by atoms with van der Waals surface area (Å²) in [6.07, 6.45) is 2.99. The highest BCUT2D eigenvalue weighted by atomic mass is 16.5.